The highest BCUT2D eigenvalue weighted by molar-refractivity contribution is 8.07. The molecule has 0 atom stereocenters. The second-order valence-electron chi connectivity index (χ2n) is 4.35. The normalized spacial score (nSPS) is 11.9. The number of carbonyl (C=O) groups is 1. The van der Waals surface area contributed by atoms with Crippen molar-refractivity contribution in [2.75, 3.05) is 19.8 Å². The number of hydrogen-bond donors (Lipinski definition) is 0. The maximum atomic E-state index is 11.1. The van der Waals surface area contributed by atoms with Gasteiger partial charge in [-0.1, -0.05) is 5.16 Å². The first kappa shape index (κ1) is 20.6. The Balaban J connectivity index is 2.76. The third-order valence-corrected chi connectivity index (χ3v) is 5.02. The van der Waals surface area contributed by atoms with Gasteiger partial charge in [-0.25, -0.2) is 4.79 Å². The molecule has 24 heavy (non-hydrogen) atoms. The molecule has 7 nitrogen and oxygen atoms in total. The second-order valence-corrected chi connectivity index (χ2v) is 7.28. The molecule has 9 heteroatoms. The van der Waals surface area contributed by atoms with Crippen molar-refractivity contribution in [3.05, 3.63) is 29.8 Å². The molecule has 0 bridgehead atoms. The molecule has 1 aromatic rings. The van der Waals surface area contributed by atoms with Crippen LogP contribution in [-0.2, 0) is 30.4 Å². The van der Waals surface area contributed by atoms with Crippen LogP contribution in [0, 0.1) is 0 Å². The summed E-state index contributed by atoms with van der Waals surface area (Å²) in [6.45, 7) is 5.30. The lowest BCUT2D eigenvalue weighted by Gasteiger charge is -2.21. The van der Waals surface area contributed by atoms with Gasteiger partial charge in [0.05, 0.1) is 25.5 Å². The molecule has 1 aromatic carbocycles. The van der Waals surface area contributed by atoms with E-state index in [-0.39, 0.29) is 6.61 Å². The molecule has 0 radical (unpaired) electrons. The van der Waals surface area contributed by atoms with Crippen molar-refractivity contribution in [3.63, 3.8) is 0 Å². The first-order valence-electron chi connectivity index (χ1n) is 7.51. The van der Waals surface area contributed by atoms with Gasteiger partial charge in [-0.05, 0) is 57.5 Å². The summed E-state index contributed by atoms with van der Waals surface area (Å²) in [5.41, 5.74) is 1.27. The van der Waals surface area contributed by atoms with E-state index in [1.54, 1.807) is 38.1 Å². The van der Waals surface area contributed by atoms with E-state index >= 15 is 0 Å². The van der Waals surface area contributed by atoms with Crippen LogP contribution in [0.25, 0.3) is 0 Å². The van der Waals surface area contributed by atoms with Gasteiger partial charge in [0.15, 0.2) is 0 Å². The van der Waals surface area contributed by atoms with Crippen LogP contribution in [0.1, 0.15) is 33.3 Å². The van der Waals surface area contributed by atoms with Crippen molar-refractivity contribution in [2.24, 2.45) is 5.16 Å². The molecule has 0 aliphatic heterocycles. The van der Waals surface area contributed by atoms with Crippen molar-refractivity contribution in [2.45, 2.75) is 27.7 Å². The van der Waals surface area contributed by atoms with Crippen LogP contribution >= 0.6 is 6.72 Å². The van der Waals surface area contributed by atoms with Gasteiger partial charge in [-0.3, -0.25) is 13.9 Å². The zero-order valence-corrected chi connectivity index (χ0v) is 15.9. The highest BCUT2D eigenvalue weighted by atomic mass is 32.5. The summed E-state index contributed by atoms with van der Waals surface area (Å²) in [5.74, 6) is 0.531. The molecular weight excluding hydrogens is 353 g/mol. The molecule has 1 rings (SSSR count). The van der Waals surface area contributed by atoms with Crippen LogP contribution in [0.5, 0.6) is 5.75 Å². The molecule has 0 N–H and O–H groups in total. The number of oxime groups is 1. The summed E-state index contributed by atoms with van der Waals surface area (Å²) in [7, 11) is 0. The molecule has 134 valence electrons. The molecule has 0 aliphatic carbocycles. The van der Waals surface area contributed by atoms with Gasteiger partial charge < -0.3 is 9.26 Å². The van der Waals surface area contributed by atoms with E-state index in [0.717, 1.165) is 5.56 Å². The lowest BCUT2D eigenvalue weighted by atomic mass is 10.1. The largest absolute Gasteiger partial charge is 0.535 e. The van der Waals surface area contributed by atoms with Crippen LogP contribution in [0.4, 0.5) is 4.79 Å². The van der Waals surface area contributed by atoms with Crippen LogP contribution in [0.2, 0.25) is 0 Å². The van der Waals surface area contributed by atoms with Crippen molar-refractivity contribution < 1.29 is 27.9 Å². The molecule has 0 saturated heterocycles. The Labute approximate surface area is 147 Å². The lowest BCUT2D eigenvalue weighted by Crippen LogP contribution is -2.05. The summed E-state index contributed by atoms with van der Waals surface area (Å²) in [6, 6.07) is 6.97. The third-order valence-electron chi connectivity index (χ3n) is 2.58. The summed E-state index contributed by atoms with van der Waals surface area (Å²) < 4.78 is 21.2. The molecule has 0 aliphatic rings. The number of rotatable bonds is 9. The van der Waals surface area contributed by atoms with Gasteiger partial charge in [0.25, 0.3) is 0 Å². The first-order chi connectivity index (χ1) is 11.4. The Hall–Kier alpha value is -1.47. The maximum absolute atomic E-state index is 11.1. The van der Waals surface area contributed by atoms with Gasteiger partial charge >= 0.3 is 12.9 Å². The Morgan fingerprint density at radius 1 is 1.08 bits per heavy atom. The molecule has 0 aromatic heterocycles. The van der Waals surface area contributed by atoms with Crippen molar-refractivity contribution >= 4 is 30.4 Å². The fourth-order valence-electron chi connectivity index (χ4n) is 1.59. The number of nitrogens with zero attached hydrogens (tertiary/aromatic N) is 1. The zero-order valence-electron chi connectivity index (χ0n) is 14.2. The average Bonchev–Trinajstić information content (AvgIpc) is 2.54. The highest BCUT2D eigenvalue weighted by Gasteiger charge is 2.21. The fourth-order valence-corrected chi connectivity index (χ4v) is 3.68. The predicted octanol–water partition coefficient (Wildman–Crippen LogP) is 4.26. The Morgan fingerprint density at radius 3 is 2.17 bits per heavy atom. The van der Waals surface area contributed by atoms with E-state index in [1.165, 1.54) is 0 Å². The van der Waals surface area contributed by atoms with Crippen molar-refractivity contribution in [3.8, 4) is 5.75 Å². The monoisotopic (exact) mass is 375 g/mol. The van der Waals surface area contributed by atoms with Crippen LogP contribution < -0.4 is 4.52 Å². The molecule has 0 fully saturated rings. The Kier molecular flexibility index (Phi) is 8.92. The van der Waals surface area contributed by atoms with E-state index in [1.807, 2.05) is 13.8 Å². The molecule has 0 amide bonds. The van der Waals surface area contributed by atoms with E-state index in [2.05, 4.69) is 14.7 Å². The second kappa shape index (κ2) is 10.4. The SMILES string of the molecule is CCOC(=O)O/N=C(\C)c1ccc(OP(=S)(OCC)OCC)cc1. The van der Waals surface area contributed by atoms with Gasteiger partial charge in [0, 0.05) is 11.8 Å². The Morgan fingerprint density at radius 2 is 1.67 bits per heavy atom. The van der Waals surface area contributed by atoms with E-state index in [0.29, 0.717) is 24.7 Å². The number of benzene rings is 1. The minimum Gasteiger partial charge on any atom is -0.433 e. The summed E-state index contributed by atoms with van der Waals surface area (Å²) >= 11 is 5.31. The highest BCUT2D eigenvalue weighted by Crippen LogP contribution is 2.49. The molecule has 0 unspecified atom stereocenters. The van der Waals surface area contributed by atoms with Crippen molar-refractivity contribution in [1.29, 1.82) is 0 Å². The van der Waals surface area contributed by atoms with Crippen LogP contribution in [0.3, 0.4) is 0 Å². The maximum Gasteiger partial charge on any atom is 0.535 e. The minimum absolute atomic E-state index is 0.227. The topological polar surface area (TPSA) is 75.6 Å². The predicted molar refractivity (Wildman–Crippen MR) is 94.9 cm³/mol. The zero-order chi connectivity index (χ0) is 18.0. The quantitative estimate of drug-likeness (QED) is 0.210. The molecular formula is C15H22NO6PS. The van der Waals surface area contributed by atoms with Crippen molar-refractivity contribution in [1.82, 2.24) is 0 Å². The number of ether oxygens (including phenoxy) is 1. The van der Waals surface area contributed by atoms with Crippen LogP contribution in [-0.4, -0.2) is 31.7 Å². The van der Waals surface area contributed by atoms with Gasteiger partial charge in [-0.15, -0.1) is 0 Å². The molecule has 0 spiro atoms. The standard InChI is InChI=1S/C15H22NO6PS/c1-5-18-15(17)21-16-12(4)13-8-10-14(11-9-13)22-23(24,19-6-2)20-7-3/h8-11H,5-7H2,1-4H3/b16-12+. The number of hydrogen-bond acceptors (Lipinski definition) is 8. The van der Waals surface area contributed by atoms with E-state index in [4.69, 9.17) is 25.4 Å². The van der Waals surface area contributed by atoms with Gasteiger partial charge in [0.1, 0.15) is 5.75 Å². The Bertz CT molecular complexity index is 594. The summed E-state index contributed by atoms with van der Waals surface area (Å²) in [4.78, 5) is 15.7. The van der Waals surface area contributed by atoms with E-state index < -0.39 is 12.9 Å². The minimum atomic E-state index is -2.80. The van der Waals surface area contributed by atoms with Gasteiger partial charge in [-0.2, -0.15) is 0 Å². The van der Waals surface area contributed by atoms with Gasteiger partial charge in [0.2, 0.25) is 0 Å². The first-order valence-corrected chi connectivity index (χ1v) is 10.1. The van der Waals surface area contributed by atoms with E-state index in [9.17, 15) is 4.79 Å². The van der Waals surface area contributed by atoms with Crippen LogP contribution in [0.15, 0.2) is 29.4 Å². The summed E-state index contributed by atoms with van der Waals surface area (Å²) in [6.07, 6.45) is -0.842. The molecule has 0 saturated carbocycles. The third kappa shape index (κ3) is 6.97. The smallest absolute Gasteiger partial charge is 0.433 e. The fraction of sp³-hybridized carbons (Fsp3) is 0.467. The summed E-state index contributed by atoms with van der Waals surface area (Å²) in [5, 5.41) is 3.71. The average molecular weight is 375 g/mol. The number of carbonyl (C=O) groups excluding carboxylic acids is 1. The lowest BCUT2D eigenvalue weighted by molar-refractivity contribution is 0.0613. The molecule has 0 heterocycles.